The quantitative estimate of drug-likeness (QED) is 0.104. The number of esters is 2. The van der Waals surface area contributed by atoms with E-state index in [-0.39, 0.29) is 48.9 Å². The van der Waals surface area contributed by atoms with Crippen molar-refractivity contribution >= 4 is 41.3 Å². The molecule has 0 saturated heterocycles. The molecule has 0 bridgehead atoms. The van der Waals surface area contributed by atoms with Gasteiger partial charge in [0.05, 0.1) is 79.3 Å². The first-order valence-corrected chi connectivity index (χ1v) is 13.1. The van der Waals surface area contributed by atoms with E-state index in [1.807, 2.05) is 0 Å². The van der Waals surface area contributed by atoms with Crippen molar-refractivity contribution in [2.45, 2.75) is 12.8 Å². The number of rotatable bonds is 11. The standard InChI is InChI=1S/C27H26FN3O8S/c1-3-39-27(35)21-19(14-38-10-9-31-24(32)16-6-4-5-7-17(16)25(31)33)30-18(12-28)20(26(34)37-2)22(21)23-15(13-29-36)8-11-40-23/h4-8,11,13,22,30,36H,3,9-10,12,14H2,1-2H3. The fourth-order valence-corrected chi connectivity index (χ4v) is 5.59. The molecule has 2 amide bonds. The number of methoxy groups -OCH3 is 1. The normalized spacial score (nSPS) is 17.0. The van der Waals surface area contributed by atoms with E-state index in [1.165, 1.54) is 0 Å². The Hall–Kier alpha value is -4.36. The number of ether oxygens (including phenoxy) is 3. The molecule has 0 fully saturated rings. The number of thiophene rings is 1. The molecule has 1 atom stereocenters. The Morgan fingerprint density at radius 2 is 1.80 bits per heavy atom. The van der Waals surface area contributed by atoms with Crippen LogP contribution in [0.25, 0.3) is 0 Å². The summed E-state index contributed by atoms with van der Waals surface area (Å²) in [4.78, 5) is 52.9. The molecule has 2 aliphatic rings. The minimum Gasteiger partial charge on any atom is -0.466 e. The lowest BCUT2D eigenvalue weighted by molar-refractivity contribution is -0.139. The van der Waals surface area contributed by atoms with E-state index in [4.69, 9.17) is 19.4 Å². The van der Waals surface area contributed by atoms with E-state index in [2.05, 4.69) is 10.5 Å². The predicted octanol–water partition coefficient (Wildman–Crippen LogP) is 2.77. The third kappa shape index (κ3) is 5.38. The van der Waals surface area contributed by atoms with Gasteiger partial charge >= 0.3 is 11.9 Å². The van der Waals surface area contributed by atoms with Crippen molar-refractivity contribution in [2.75, 3.05) is 40.1 Å². The molecule has 13 heteroatoms. The number of nitrogens with zero attached hydrogens (tertiary/aromatic N) is 2. The molecule has 210 valence electrons. The molecular formula is C27H26FN3O8S. The number of nitrogens with one attached hydrogen (secondary N) is 1. The Morgan fingerprint density at radius 3 is 2.40 bits per heavy atom. The lowest BCUT2D eigenvalue weighted by Gasteiger charge is -2.31. The average Bonchev–Trinajstić information content (AvgIpc) is 3.52. The molecule has 2 aliphatic heterocycles. The summed E-state index contributed by atoms with van der Waals surface area (Å²) in [5, 5.41) is 16.7. The van der Waals surface area contributed by atoms with E-state index < -0.39 is 36.3 Å². The Morgan fingerprint density at radius 1 is 1.12 bits per heavy atom. The van der Waals surface area contributed by atoms with Crippen LogP contribution in [0.2, 0.25) is 0 Å². The van der Waals surface area contributed by atoms with E-state index in [0.29, 0.717) is 21.6 Å². The molecule has 0 aliphatic carbocycles. The maximum Gasteiger partial charge on any atom is 0.336 e. The molecule has 3 heterocycles. The van der Waals surface area contributed by atoms with Crippen molar-refractivity contribution in [1.29, 1.82) is 0 Å². The molecule has 11 nitrogen and oxygen atoms in total. The number of hydrogen-bond donors (Lipinski definition) is 2. The van der Waals surface area contributed by atoms with Gasteiger partial charge in [-0.05, 0) is 30.5 Å². The molecule has 0 saturated carbocycles. The van der Waals surface area contributed by atoms with E-state index in [0.717, 1.165) is 29.6 Å². The van der Waals surface area contributed by atoms with Gasteiger partial charge in [0.15, 0.2) is 0 Å². The van der Waals surface area contributed by atoms with Crippen molar-refractivity contribution < 1.29 is 43.0 Å². The zero-order valence-corrected chi connectivity index (χ0v) is 22.5. The number of dihydropyridines is 1. The van der Waals surface area contributed by atoms with Gasteiger partial charge in [-0.1, -0.05) is 17.3 Å². The first kappa shape index (κ1) is 28.6. The summed E-state index contributed by atoms with van der Waals surface area (Å²) in [6.45, 7) is 0.133. The third-order valence-corrected chi connectivity index (χ3v) is 7.33. The van der Waals surface area contributed by atoms with E-state index in [1.54, 1.807) is 42.6 Å². The number of halogens is 1. The molecule has 1 aromatic carbocycles. The highest BCUT2D eigenvalue weighted by atomic mass is 32.1. The average molecular weight is 572 g/mol. The number of benzene rings is 1. The molecule has 1 unspecified atom stereocenters. The summed E-state index contributed by atoms with van der Waals surface area (Å²) in [5.74, 6) is -3.64. The summed E-state index contributed by atoms with van der Waals surface area (Å²) < 4.78 is 30.2. The first-order valence-electron chi connectivity index (χ1n) is 12.2. The van der Waals surface area contributed by atoms with Gasteiger partial charge in [-0.25, -0.2) is 14.0 Å². The van der Waals surface area contributed by atoms with Crippen LogP contribution in [-0.4, -0.2) is 80.2 Å². The van der Waals surface area contributed by atoms with Crippen LogP contribution in [-0.2, 0) is 23.8 Å². The number of oxime groups is 1. The van der Waals surface area contributed by atoms with Crippen LogP contribution >= 0.6 is 11.3 Å². The summed E-state index contributed by atoms with van der Waals surface area (Å²) in [5.41, 5.74) is 0.848. The SMILES string of the molecule is CCOC(=O)C1=C(COCCN2C(=O)c3ccccc3C2=O)NC(CF)=C(C(=O)OC)C1c1sccc1C=NO. The maximum atomic E-state index is 14.3. The zero-order chi connectivity index (χ0) is 28.8. The van der Waals surface area contributed by atoms with E-state index >= 15 is 0 Å². The molecule has 4 rings (SSSR count). The monoisotopic (exact) mass is 571 g/mol. The second kappa shape index (κ2) is 12.7. The van der Waals surface area contributed by atoms with Crippen molar-refractivity contribution in [3.05, 3.63) is 79.8 Å². The highest BCUT2D eigenvalue weighted by Gasteiger charge is 2.41. The second-order valence-corrected chi connectivity index (χ2v) is 9.48. The number of fused-ring (bicyclic) bond motifs is 1. The van der Waals surface area contributed by atoms with Gasteiger partial charge in [0, 0.05) is 10.4 Å². The topological polar surface area (TPSA) is 144 Å². The largest absolute Gasteiger partial charge is 0.466 e. The molecule has 2 aromatic rings. The van der Waals surface area contributed by atoms with Crippen molar-refractivity contribution in [2.24, 2.45) is 5.16 Å². The lowest BCUT2D eigenvalue weighted by Crippen LogP contribution is -2.37. The van der Waals surface area contributed by atoms with Crippen molar-refractivity contribution in [3.63, 3.8) is 0 Å². The first-order chi connectivity index (χ1) is 19.4. The zero-order valence-electron chi connectivity index (χ0n) is 21.6. The third-order valence-electron chi connectivity index (χ3n) is 6.33. The van der Waals surface area contributed by atoms with Gasteiger partial charge in [0.1, 0.15) is 6.67 Å². The van der Waals surface area contributed by atoms with Gasteiger partial charge in [0.25, 0.3) is 11.8 Å². The summed E-state index contributed by atoms with van der Waals surface area (Å²) in [7, 11) is 1.14. The smallest absolute Gasteiger partial charge is 0.336 e. The molecular weight excluding hydrogens is 545 g/mol. The number of carbonyl (C=O) groups is 4. The van der Waals surface area contributed by atoms with Gasteiger partial charge in [-0.2, -0.15) is 0 Å². The van der Waals surface area contributed by atoms with Crippen molar-refractivity contribution in [3.8, 4) is 0 Å². The van der Waals surface area contributed by atoms with Crippen LogP contribution in [0, 0.1) is 0 Å². The van der Waals surface area contributed by atoms with Crippen LogP contribution in [0.4, 0.5) is 4.39 Å². The van der Waals surface area contributed by atoms with E-state index in [9.17, 15) is 23.6 Å². The van der Waals surface area contributed by atoms with Gasteiger partial charge < -0.3 is 24.7 Å². The van der Waals surface area contributed by atoms with Crippen LogP contribution in [0.3, 0.4) is 0 Å². The minimum absolute atomic E-state index is 0.0183. The van der Waals surface area contributed by atoms with Gasteiger partial charge in [-0.3, -0.25) is 14.5 Å². The molecule has 0 radical (unpaired) electrons. The Labute approximate surface area is 232 Å². The number of alkyl halides is 1. The number of carbonyl (C=O) groups excluding carboxylic acids is 4. The van der Waals surface area contributed by atoms with Crippen molar-refractivity contribution in [1.82, 2.24) is 10.2 Å². The number of allylic oxidation sites excluding steroid dienone is 1. The Bertz CT molecular complexity index is 1400. The predicted molar refractivity (Wildman–Crippen MR) is 141 cm³/mol. The number of amides is 2. The molecule has 2 N–H and O–H groups in total. The second-order valence-electron chi connectivity index (χ2n) is 8.53. The summed E-state index contributed by atoms with van der Waals surface area (Å²) in [6.07, 6.45) is 1.14. The number of imide groups is 1. The fraction of sp³-hybridized carbons (Fsp3) is 0.296. The highest BCUT2D eigenvalue weighted by molar-refractivity contribution is 7.10. The Kier molecular flexibility index (Phi) is 9.07. The number of hydrogen-bond acceptors (Lipinski definition) is 11. The minimum atomic E-state index is -1.12. The Balaban J connectivity index is 1.65. The molecule has 40 heavy (non-hydrogen) atoms. The van der Waals surface area contributed by atoms with Gasteiger partial charge in [0.2, 0.25) is 0 Å². The van der Waals surface area contributed by atoms with Gasteiger partial charge in [-0.15, -0.1) is 11.3 Å². The van der Waals surface area contributed by atoms with Crippen LogP contribution in [0.5, 0.6) is 0 Å². The summed E-state index contributed by atoms with van der Waals surface area (Å²) in [6, 6.07) is 8.10. The lowest BCUT2D eigenvalue weighted by atomic mass is 9.82. The molecule has 1 aromatic heterocycles. The molecule has 0 spiro atoms. The fourth-order valence-electron chi connectivity index (χ4n) is 4.60. The van der Waals surface area contributed by atoms with Crippen LogP contribution < -0.4 is 5.32 Å². The highest BCUT2D eigenvalue weighted by Crippen LogP contribution is 2.42. The maximum absolute atomic E-state index is 14.3. The van der Waals surface area contributed by atoms with Crippen LogP contribution in [0.1, 0.15) is 44.0 Å². The van der Waals surface area contributed by atoms with Crippen LogP contribution in [0.15, 0.2) is 63.4 Å². The summed E-state index contributed by atoms with van der Waals surface area (Å²) >= 11 is 1.16.